The molecule has 0 bridgehead atoms. The van der Waals surface area contributed by atoms with E-state index in [4.69, 9.17) is 0 Å². The third-order valence-corrected chi connectivity index (χ3v) is 6.68. The second-order valence-corrected chi connectivity index (χ2v) is 8.98. The summed E-state index contributed by atoms with van der Waals surface area (Å²) in [7, 11) is 1.98. The number of hydrogen-bond donors (Lipinski definition) is 0. The third-order valence-electron chi connectivity index (χ3n) is 6.68. The number of carbonyl (C=O) groups is 1. The lowest BCUT2D eigenvalue weighted by Gasteiger charge is -2.54. The number of benzene rings is 1. The average molecular weight is 372 g/mol. The van der Waals surface area contributed by atoms with E-state index in [2.05, 4.69) is 67.8 Å². The van der Waals surface area contributed by atoms with E-state index >= 15 is 0 Å². The molecule has 1 amide bonds. The van der Waals surface area contributed by atoms with Crippen LogP contribution in [0.1, 0.15) is 58.9 Å². The smallest absolute Gasteiger partial charge is 0.235 e. The Morgan fingerprint density at radius 3 is 2.41 bits per heavy atom. The number of amides is 1. The van der Waals surface area contributed by atoms with Gasteiger partial charge in [-0.3, -0.25) is 14.6 Å². The average Bonchev–Trinajstić information content (AvgIpc) is 2.65. The number of rotatable bonds is 6. The molecule has 27 heavy (non-hydrogen) atoms. The molecule has 4 heteroatoms. The summed E-state index contributed by atoms with van der Waals surface area (Å²) in [6.07, 6.45) is 4.48. The van der Waals surface area contributed by atoms with Gasteiger partial charge in [-0.05, 0) is 52.5 Å². The lowest BCUT2D eigenvalue weighted by Crippen LogP contribution is -2.67. The predicted molar refractivity (Wildman–Crippen MR) is 112 cm³/mol. The fraction of sp³-hybridized carbons (Fsp3) is 0.696. The largest absolute Gasteiger partial charge is 0.332 e. The SMILES string of the molecule is CC(C)N(CC[C@]1(c2ccccc2)C(=O)N(C)CN2CCCC[C@@H]21)C(C)C. The lowest BCUT2D eigenvalue weighted by atomic mass is 9.66. The van der Waals surface area contributed by atoms with Gasteiger partial charge in [0.15, 0.2) is 0 Å². The van der Waals surface area contributed by atoms with E-state index in [0.717, 1.165) is 32.6 Å². The first-order chi connectivity index (χ1) is 12.9. The number of hydrogen-bond acceptors (Lipinski definition) is 3. The molecule has 0 radical (unpaired) electrons. The molecule has 150 valence electrons. The quantitative estimate of drug-likeness (QED) is 0.762. The summed E-state index contributed by atoms with van der Waals surface area (Å²) in [6, 6.07) is 11.9. The maximum atomic E-state index is 13.7. The minimum Gasteiger partial charge on any atom is -0.332 e. The summed E-state index contributed by atoms with van der Waals surface area (Å²) in [5, 5.41) is 0. The van der Waals surface area contributed by atoms with Crippen LogP contribution in [0.2, 0.25) is 0 Å². The zero-order valence-electron chi connectivity index (χ0n) is 17.8. The van der Waals surface area contributed by atoms with Crippen molar-refractivity contribution in [1.82, 2.24) is 14.7 Å². The fourth-order valence-corrected chi connectivity index (χ4v) is 5.43. The molecule has 2 aliphatic heterocycles. The number of likely N-dealkylation sites (N-methyl/N-ethyl adjacent to an activating group) is 1. The zero-order chi connectivity index (χ0) is 19.6. The first kappa shape index (κ1) is 20.3. The second-order valence-electron chi connectivity index (χ2n) is 8.98. The Morgan fingerprint density at radius 1 is 1.11 bits per heavy atom. The highest BCUT2D eigenvalue weighted by Crippen LogP contribution is 2.43. The maximum absolute atomic E-state index is 13.7. The van der Waals surface area contributed by atoms with Crippen LogP contribution in [-0.4, -0.2) is 65.5 Å². The monoisotopic (exact) mass is 371 g/mol. The molecule has 0 spiro atoms. The Bertz CT molecular complexity index is 622. The number of nitrogens with zero attached hydrogens (tertiary/aromatic N) is 3. The summed E-state index contributed by atoms with van der Waals surface area (Å²) in [5.41, 5.74) is 0.766. The van der Waals surface area contributed by atoms with Gasteiger partial charge >= 0.3 is 0 Å². The third kappa shape index (κ3) is 3.79. The van der Waals surface area contributed by atoms with E-state index in [1.54, 1.807) is 0 Å². The molecule has 1 aromatic carbocycles. The summed E-state index contributed by atoms with van der Waals surface area (Å²) in [5.74, 6) is 0.310. The maximum Gasteiger partial charge on any atom is 0.235 e. The Labute approximate surface area is 165 Å². The molecule has 2 aliphatic rings. The molecule has 0 unspecified atom stereocenters. The van der Waals surface area contributed by atoms with Crippen LogP contribution >= 0.6 is 0 Å². The van der Waals surface area contributed by atoms with Gasteiger partial charge in [0.1, 0.15) is 0 Å². The van der Waals surface area contributed by atoms with Crippen molar-refractivity contribution in [3.05, 3.63) is 35.9 Å². The molecular weight excluding hydrogens is 334 g/mol. The van der Waals surface area contributed by atoms with Crippen LogP contribution in [0.4, 0.5) is 0 Å². The Hall–Kier alpha value is -1.39. The number of piperidine rings is 1. The van der Waals surface area contributed by atoms with Gasteiger partial charge in [-0.2, -0.15) is 0 Å². The van der Waals surface area contributed by atoms with Crippen LogP contribution in [0.15, 0.2) is 30.3 Å². The zero-order valence-corrected chi connectivity index (χ0v) is 17.8. The Kier molecular flexibility index (Phi) is 6.27. The Morgan fingerprint density at radius 2 is 1.78 bits per heavy atom. The molecule has 4 nitrogen and oxygen atoms in total. The molecule has 0 aromatic heterocycles. The first-order valence-electron chi connectivity index (χ1n) is 10.7. The molecule has 0 saturated carbocycles. The van der Waals surface area contributed by atoms with Crippen molar-refractivity contribution in [3.8, 4) is 0 Å². The molecule has 1 aromatic rings. The van der Waals surface area contributed by atoms with Crippen molar-refractivity contribution in [2.45, 2.75) is 76.9 Å². The number of carbonyl (C=O) groups excluding carboxylic acids is 1. The van der Waals surface area contributed by atoms with Crippen molar-refractivity contribution in [2.75, 3.05) is 26.8 Å². The molecule has 2 atom stereocenters. The van der Waals surface area contributed by atoms with Crippen LogP contribution < -0.4 is 0 Å². The molecule has 2 heterocycles. The highest BCUT2D eigenvalue weighted by molar-refractivity contribution is 5.90. The van der Waals surface area contributed by atoms with Crippen molar-refractivity contribution >= 4 is 5.91 Å². The fourth-order valence-electron chi connectivity index (χ4n) is 5.43. The highest BCUT2D eigenvalue weighted by Gasteiger charge is 2.54. The van der Waals surface area contributed by atoms with Gasteiger partial charge in [0.05, 0.1) is 12.1 Å². The minimum atomic E-state index is -0.434. The van der Waals surface area contributed by atoms with Crippen molar-refractivity contribution < 1.29 is 4.79 Å². The van der Waals surface area contributed by atoms with Crippen LogP contribution in [0, 0.1) is 0 Å². The summed E-state index contributed by atoms with van der Waals surface area (Å²) in [6.45, 7) is 11.9. The van der Waals surface area contributed by atoms with Gasteiger partial charge in [0, 0.05) is 38.3 Å². The lowest BCUT2D eigenvalue weighted by molar-refractivity contribution is -0.153. The van der Waals surface area contributed by atoms with Crippen molar-refractivity contribution in [1.29, 1.82) is 0 Å². The van der Waals surface area contributed by atoms with Crippen LogP contribution in [-0.2, 0) is 10.2 Å². The van der Waals surface area contributed by atoms with Crippen molar-refractivity contribution in [2.24, 2.45) is 0 Å². The minimum absolute atomic E-state index is 0.310. The molecular formula is C23H37N3O. The molecule has 0 N–H and O–H groups in total. The van der Waals surface area contributed by atoms with Crippen molar-refractivity contribution in [3.63, 3.8) is 0 Å². The molecule has 2 fully saturated rings. The van der Waals surface area contributed by atoms with E-state index in [0.29, 0.717) is 24.0 Å². The van der Waals surface area contributed by atoms with Gasteiger partial charge in [0.25, 0.3) is 0 Å². The van der Waals surface area contributed by atoms with Gasteiger partial charge < -0.3 is 4.90 Å². The van der Waals surface area contributed by atoms with Gasteiger partial charge in [-0.25, -0.2) is 0 Å². The van der Waals surface area contributed by atoms with Crippen LogP contribution in [0.25, 0.3) is 0 Å². The predicted octanol–water partition coefficient (Wildman–Crippen LogP) is 3.72. The molecule has 0 aliphatic carbocycles. The van der Waals surface area contributed by atoms with Crippen LogP contribution in [0.5, 0.6) is 0 Å². The number of fused-ring (bicyclic) bond motifs is 1. The second kappa shape index (κ2) is 8.32. The normalized spacial score (nSPS) is 26.9. The molecule has 3 rings (SSSR count). The summed E-state index contributed by atoms with van der Waals surface area (Å²) < 4.78 is 0. The van der Waals surface area contributed by atoms with Crippen LogP contribution in [0.3, 0.4) is 0 Å². The van der Waals surface area contributed by atoms with E-state index < -0.39 is 5.41 Å². The Balaban J connectivity index is 2.02. The van der Waals surface area contributed by atoms with Gasteiger partial charge in [-0.1, -0.05) is 36.8 Å². The first-order valence-corrected chi connectivity index (χ1v) is 10.7. The highest BCUT2D eigenvalue weighted by atomic mass is 16.2. The van der Waals surface area contributed by atoms with Gasteiger partial charge in [-0.15, -0.1) is 0 Å². The standard InChI is InChI=1S/C23H37N3O/c1-18(2)26(19(3)4)16-14-23(20-11-7-6-8-12-20)21-13-9-10-15-25(21)17-24(5)22(23)27/h6-8,11-12,18-19,21H,9-10,13-17H2,1-5H3/t21-,23-/m1/s1. The summed E-state index contributed by atoms with van der Waals surface area (Å²) >= 11 is 0. The van der Waals surface area contributed by atoms with E-state index in [-0.39, 0.29) is 0 Å². The van der Waals surface area contributed by atoms with E-state index in [1.807, 2.05) is 11.9 Å². The topological polar surface area (TPSA) is 26.8 Å². The van der Waals surface area contributed by atoms with E-state index in [1.165, 1.54) is 18.4 Å². The van der Waals surface area contributed by atoms with Gasteiger partial charge in [0.2, 0.25) is 5.91 Å². The van der Waals surface area contributed by atoms with E-state index in [9.17, 15) is 4.79 Å². The molecule has 2 saturated heterocycles. The summed E-state index contributed by atoms with van der Waals surface area (Å²) in [4.78, 5) is 20.8.